The van der Waals surface area contributed by atoms with Crippen LogP contribution in [0.3, 0.4) is 0 Å². The Morgan fingerprint density at radius 3 is 2.54 bits per heavy atom. The van der Waals surface area contributed by atoms with Gasteiger partial charge in [0.1, 0.15) is 6.61 Å². The molecule has 1 heterocycles. The van der Waals surface area contributed by atoms with Gasteiger partial charge in [0.2, 0.25) is 11.7 Å². The molecule has 0 aliphatic heterocycles. The maximum absolute atomic E-state index is 12.0. The Kier molecular flexibility index (Phi) is 8.29. The van der Waals surface area contributed by atoms with Crippen LogP contribution in [0.4, 0.5) is 4.79 Å². The van der Waals surface area contributed by atoms with Crippen molar-refractivity contribution in [2.24, 2.45) is 5.92 Å². The van der Waals surface area contributed by atoms with Gasteiger partial charge in [-0.1, -0.05) is 37.3 Å². The van der Waals surface area contributed by atoms with Gasteiger partial charge in [0, 0.05) is 23.9 Å². The van der Waals surface area contributed by atoms with E-state index in [4.69, 9.17) is 4.74 Å². The van der Waals surface area contributed by atoms with Crippen molar-refractivity contribution in [1.29, 1.82) is 0 Å². The van der Waals surface area contributed by atoms with E-state index < -0.39 is 17.9 Å². The van der Waals surface area contributed by atoms with Gasteiger partial charge in [0.05, 0.1) is 13.1 Å². The zero-order valence-electron chi connectivity index (χ0n) is 15.3. The van der Waals surface area contributed by atoms with Gasteiger partial charge in [0.15, 0.2) is 10.8 Å². The molecular formula is C19H21N3O5S. The first-order valence-corrected chi connectivity index (χ1v) is 9.50. The number of Topliss-reactive ketones (excluding diaryl/α,β-unsaturated/α-hetero) is 2. The number of nitrogens with zero attached hydrogens (tertiary/aromatic N) is 1. The van der Waals surface area contributed by atoms with E-state index in [1.807, 2.05) is 30.3 Å². The molecule has 9 heteroatoms. The van der Waals surface area contributed by atoms with Gasteiger partial charge in [0.25, 0.3) is 0 Å². The molecule has 0 radical (unpaired) electrons. The molecular weight excluding hydrogens is 382 g/mol. The van der Waals surface area contributed by atoms with E-state index in [1.54, 1.807) is 12.3 Å². The molecule has 28 heavy (non-hydrogen) atoms. The van der Waals surface area contributed by atoms with E-state index in [9.17, 15) is 19.2 Å². The lowest BCUT2D eigenvalue weighted by Gasteiger charge is -2.11. The SMILES string of the molecule is C[C@H](CC(=O)CNC(=O)OCc1ccccc1)C(=O)NCC(=O)c1nccs1. The van der Waals surface area contributed by atoms with Crippen LogP contribution in [0.2, 0.25) is 0 Å². The van der Waals surface area contributed by atoms with Crippen molar-refractivity contribution in [2.45, 2.75) is 20.0 Å². The number of rotatable bonds is 10. The summed E-state index contributed by atoms with van der Waals surface area (Å²) >= 11 is 1.20. The second-order valence-corrected chi connectivity index (χ2v) is 6.93. The summed E-state index contributed by atoms with van der Waals surface area (Å²) in [6.45, 7) is 1.28. The highest BCUT2D eigenvalue weighted by Crippen LogP contribution is 2.06. The monoisotopic (exact) mass is 403 g/mol. The molecule has 8 nitrogen and oxygen atoms in total. The Balaban J connectivity index is 1.63. The molecule has 2 N–H and O–H groups in total. The predicted octanol–water partition coefficient (Wildman–Crippen LogP) is 1.96. The smallest absolute Gasteiger partial charge is 0.407 e. The minimum Gasteiger partial charge on any atom is -0.445 e. The standard InChI is InChI=1S/C19H21N3O5S/c1-13(17(25)21-11-16(24)18-20-7-8-28-18)9-15(23)10-22-19(26)27-12-14-5-3-2-4-6-14/h2-8,13H,9-12H2,1H3,(H,21,25)(H,22,26)/t13-/m1/s1. The number of carbonyl (C=O) groups excluding carboxylic acids is 4. The average molecular weight is 403 g/mol. The summed E-state index contributed by atoms with van der Waals surface area (Å²) < 4.78 is 5.01. The summed E-state index contributed by atoms with van der Waals surface area (Å²) in [6, 6.07) is 9.15. The first-order valence-electron chi connectivity index (χ1n) is 8.62. The minimum absolute atomic E-state index is 0.0593. The third kappa shape index (κ3) is 7.28. The van der Waals surface area contributed by atoms with E-state index in [0.717, 1.165) is 5.56 Å². The predicted molar refractivity (Wildman–Crippen MR) is 103 cm³/mol. The lowest BCUT2D eigenvalue weighted by atomic mass is 10.0. The summed E-state index contributed by atoms with van der Waals surface area (Å²) in [7, 11) is 0. The van der Waals surface area contributed by atoms with Crippen LogP contribution in [0.15, 0.2) is 41.9 Å². The van der Waals surface area contributed by atoms with Gasteiger partial charge in [-0.2, -0.15) is 0 Å². The molecule has 2 rings (SSSR count). The molecule has 0 bridgehead atoms. The quantitative estimate of drug-likeness (QED) is 0.586. The third-order valence-electron chi connectivity index (χ3n) is 3.72. The number of ketones is 2. The van der Waals surface area contributed by atoms with Crippen molar-refractivity contribution in [2.75, 3.05) is 13.1 Å². The van der Waals surface area contributed by atoms with Gasteiger partial charge >= 0.3 is 6.09 Å². The van der Waals surface area contributed by atoms with Gasteiger partial charge < -0.3 is 15.4 Å². The molecule has 0 unspecified atom stereocenters. The van der Waals surface area contributed by atoms with Gasteiger partial charge in [-0.15, -0.1) is 11.3 Å². The van der Waals surface area contributed by atoms with Gasteiger partial charge in [-0.25, -0.2) is 9.78 Å². The number of thiazole rings is 1. The maximum atomic E-state index is 12.0. The van der Waals surface area contributed by atoms with Crippen LogP contribution in [0.1, 0.15) is 28.7 Å². The Morgan fingerprint density at radius 2 is 1.86 bits per heavy atom. The second kappa shape index (κ2) is 10.9. The molecule has 0 spiro atoms. The van der Waals surface area contributed by atoms with Crippen LogP contribution in [0.5, 0.6) is 0 Å². The highest BCUT2D eigenvalue weighted by atomic mass is 32.1. The van der Waals surface area contributed by atoms with Crippen molar-refractivity contribution in [3.63, 3.8) is 0 Å². The second-order valence-electron chi connectivity index (χ2n) is 6.04. The van der Waals surface area contributed by atoms with Gasteiger partial charge in [-0.05, 0) is 5.56 Å². The van der Waals surface area contributed by atoms with Crippen LogP contribution in [0, 0.1) is 5.92 Å². The lowest BCUT2D eigenvalue weighted by molar-refractivity contribution is -0.128. The maximum Gasteiger partial charge on any atom is 0.407 e. The molecule has 148 valence electrons. The minimum atomic E-state index is -0.705. The molecule has 0 saturated heterocycles. The van der Waals surface area contributed by atoms with Crippen molar-refractivity contribution < 1.29 is 23.9 Å². The van der Waals surface area contributed by atoms with Crippen molar-refractivity contribution >= 4 is 34.9 Å². The fourth-order valence-corrected chi connectivity index (χ4v) is 2.81. The lowest BCUT2D eigenvalue weighted by Crippen LogP contribution is -2.36. The number of benzene rings is 1. The summed E-state index contributed by atoms with van der Waals surface area (Å²) in [6.07, 6.45) is 0.748. The van der Waals surface area contributed by atoms with E-state index >= 15 is 0 Å². The summed E-state index contributed by atoms with van der Waals surface area (Å²) in [5.41, 5.74) is 0.835. The Hall–Kier alpha value is -3.07. The van der Waals surface area contributed by atoms with E-state index in [2.05, 4.69) is 15.6 Å². The third-order valence-corrected chi connectivity index (χ3v) is 4.53. The van der Waals surface area contributed by atoms with Crippen molar-refractivity contribution in [3.8, 4) is 0 Å². The fraction of sp³-hybridized carbons (Fsp3) is 0.316. The summed E-state index contributed by atoms with van der Waals surface area (Å²) in [5.74, 6) is -1.64. The number of hydrogen-bond donors (Lipinski definition) is 2. The number of aromatic nitrogens is 1. The number of alkyl carbamates (subject to hydrolysis) is 1. The molecule has 0 saturated carbocycles. The van der Waals surface area contributed by atoms with E-state index in [1.165, 1.54) is 17.5 Å². The molecule has 1 aromatic heterocycles. The van der Waals surface area contributed by atoms with Gasteiger partial charge in [-0.3, -0.25) is 14.4 Å². The van der Waals surface area contributed by atoms with Crippen LogP contribution in [-0.2, 0) is 20.9 Å². The highest BCUT2D eigenvalue weighted by Gasteiger charge is 2.19. The van der Waals surface area contributed by atoms with E-state index in [-0.39, 0.29) is 37.7 Å². The molecule has 0 aliphatic carbocycles. The van der Waals surface area contributed by atoms with Crippen LogP contribution < -0.4 is 10.6 Å². The van der Waals surface area contributed by atoms with E-state index in [0.29, 0.717) is 5.01 Å². The van der Waals surface area contributed by atoms with Crippen molar-refractivity contribution in [3.05, 3.63) is 52.5 Å². The highest BCUT2D eigenvalue weighted by molar-refractivity contribution is 7.11. The molecule has 2 aromatic rings. The first-order chi connectivity index (χ1) is 13.5. The first kappa shape index (κ1) is 21.2. The van der Waals surface area contributed by atoms with Crippen LogP contribution in [-0.4, -0.2) is 41.6 Å². The molecule has 2 amide bonds. The number of ether oxygens (including phenoxy) is 1. The largest absolute Gasteiger partial charge is 0.445 e. The molecule has 1 aromatic carbocycles. The molecule has 1 atom stereocenters. The van der Waals surface area contributed by atoms with Crippen molar-refractivity contribution in [1.82, 2.24) is 15.6 Å². The van der Waals surface area contributed by atoms with Crippen LogP contribution in [0.25, 0.3) is 0 Å². The summed E-state index contributed by atoms with van der Waals surface area (Å²) in [5, 5.41) is 6.85. The van der Waals surface area contributed by atoms with Crippen LogP contribution >= 0.6 is 11.3 Å². The zero-order valence-corrected chi connectivity index (χ0v) is 16.2. The Morgan fingerprint density at radius 1 is 1.11 bits per heavy atom. The normalized spacial score (nSPS) is 11.3. The topological polar surface area (TPSA) is 114 Å². The number of amides is 2. The molecule has 0 aliphatic rings. The number of carbonyl (C=O) groups is 4. The fourth-order valence-electron chi connectivity index (χ4n) is 2.23. The molecule has 0 fully saturated rings. The number of nitrogens with one attached hydrogen (secondary N) is 2. The Bertz CT molecular complexity index is 808. The Labute approximate surface area is 166 Å². The number of hydrogen-bond acceptors (Lipinski definition) is 7. The summed E-state index contributed by atoms with van der Waals surface area (Å²) in [4.78, 5) is 51.2. The zero-order chi connectivity index (χ0) is 20.4. The average Bonchev–Trinajstić information content (AvgIpc) is 3.24.